The van der Waals surface area contributed by atoms with Crippen LogP contribution in [0.1, 0.15) is 12.0 Å². The summed E-state index contributed by atoms with van der Waals surface area (Å²) in [6.45, 7) is 0.484. The van der Waals surface area contributed by atoms with E-state index in [0.29, 0.717) is 6.54 Å². The lowest BCUT2D eigenvalue weighted by Crippen LogP contribution is -2.36. The van der Waals surface area contributed by atoms with Crippen molar-refractivity contribution in [2.75, 3.05) is 7.05 Å². The van der Waals surface area contributed by atoms with Gasteiger partial charge in [-0.25, -0.2) is 9.97 Å². The van der Waals surface area contributed by atoms with E-state index in [2.05, 4.69) is 15.3 Å². The number of aromatic nitrogens is 2. The van der Waals surface area contributed by atoms with Crippen LogP contribution in [0.25, 0.3) is 0 Å². The van der Waals surface area contributed by atoms with E-state index in [-0.39, 0.29) is 18.2 Å². The summed E-state index contributed by atoms with van der Waals surface area (Å²) < 4.78 is 0. The van der Waals surface area contributed by atoms with Gasteiger partial charge in [-0.2, -0.15) is 0 Å². The number of carbonyl (C=O) groups is 2. The molecule has 0 aromatic carbocycles. The number of amides is 2. The van der Waals surface area contributed by atoms with Gasteiger partial charge in [0.15, 0.2) is 0 Å². The molecule has 0 aliphatic carbocycles. The van der Waals surface area contributed by atoms with Crippen molar-refractivity contribution in [1.82, 2.24) is 20.2 Å². The maximum Gasteiger partial charge on any atom is 0.246 e. The first kappa shape index (κ1) is 10.7. The number of imide groups is 1. The maximum atomic E-state index is 11.5. The van der Waals surface area contributed by atoms with Crippen LogP contribution in [0.15, 0.2) is 18.7 Å². The molecule has 2 rings (SSSR count). The van der Waals surface area contributed by atoms with Crippen LogP contribution in [0, 0.1) is 0 Å². The predicted octanol–water partition coefficient (Wildman–Crippen LogP) is -0.677. The Morgan fingerprint density at radius 3 is 2.69 bits per heavy atom. The molecule has 1 N–H and O–H groups in total. The van der Waals surface area contributed by atoms with Crippen LogP contribution in [0.3, 0.4) is 0 Å². The second-order valence-corrected chi connectivity index (χ2v) is 3.68. The van der Waals surface area contributed by atoms with Crippen molar-refractivity contribution in [1.29, 1.82) is 0 Å². The fourth-order valence-electron chi connectivity index (χ4n) is 1.58. The number of likely N-dealkylation sites (N-methyl/N-ethyl adjacent to an activating group) is 1. The average molecular weight is 220 g/mol. The number of hydrogen-bond donors (Lipinski definition) is 1. The molecule has 1 aliphatic rings. The minimum Gasteiger partial charge on any atom is -0.301 e. The quantitative estimate of drug-likeness (QED) is 0.683. The number of rotatable bonds is 3. The minimum atomic E-state index is -0.419. The van der Waals surface area contributed by atoms with Crippen molar-refractivity contribution in [2.24, 2.45) is 0 Å². The SMILES string of the molecule is CN1C(=O)CC(NCc2cncnc2)C1=O. The zero-order chi connectivity index (χ0) is 11.5. The molecule has 1 fully saturated rings. The monoisotopic (exact) mass is 220 g/mol. The molecule has 1 aliphatic heterocycles. The Hall–Kier alpha value is -1.82. The third kappa shape index (κ3) is 2.06. The molecule has 1 aromatic rings. The Balaban J connectivity index is 1.92. The van der Waals surface area contributed by atoms with E-state index in [1.807, 2.05) is 0 Å². The highest BCUT2D eigenvalue weighted by molar-refractivity contribution is 6.05. The molecule has 0 saturated carbocycles. The van der Waals surface area contributed by atoms with Gasteiger partial charge >= 0.3 is 0 Å². The summed E-state index contributed by atoms with van der Waals surface area (Å²) in [5, 5.41) is 3.02. The van der Waals surface area contributed by atoms with Crippen molar-refractivity contribution in [3.05, 3.63) is 24.3 Å². The van der Waals surface area contributed by atoms with Crippen LogP contribution in [-0.2, 0) is 16.1 Å². The number of hydrogen-bond acceptors (Lipinski definition) is 5. The molecule has 1 unspecified atom stereocenters. The first-order valence-electron chi connectivity index (χ1n) is 4.96. The van der Waals surface area contributed by atoms with Gasteiger partial charge < -0.3 is 5.32 Å². The Bertz CT molecular complexity index is 407. The summed E-state index contributed by atoms with van der Waals surface area (Å²) >= 11 is 0. The first-order chi connectivity index (χ1) is 7.68. The summed E-state index contributed by atoms with van der Waals surface area (Å²) in [7, 11) is 1.50. The molecule has 0 bridgehead atoms. The molecule has 1 aromatic heterocycles. The van der Waals surface area contributed by atoms with Gasteiger partial charge in [-0.3, -0.25) is 14.5 Å². The van der Waals surface area contributed by atoms with Gasteiger partial charge in [0.2, 0.25) is 11.8 Å². The van der Waals surface area contributed by atoms with Crippen LogP contribution >= 0.6 is 0 Å². The van der Waals surface area contributed by atoms with Crippen molar-refractivity contribution in [3.63, 3.8) is 0 Å². The molecule has 1 atom stereocenters. The van der Waals surface area contributed by atoms with Crippen molar-refractivity contribution < 1.29 is 9.59 Å². The number of likely N-dealkylation sites (tertiary alicyclic amines) is 1. The van der Waals surface area contributed by atoms with Gasteiger partial charge in [0.25, 0.3) is 0 Å². The molecular weight excluding hydrogens is 208 g/mol. The molecular formula is C10H12N4O2. The van der Waals surface area contributed by atoms with E-state index >= 15 is 0 Å². The van der Waals surface area contributed by atoms with Crippen LogP contribution in [0.5, 0.6) is 0 Å². The normalized spacial score (nSPS) is 20.6. The third-order valence-corrected chi connectivity index (χ3v) is 2.55. The molecule has 6 nitrogen and oxygen atoms in total. The summed E-state index contributed by atoms with van der Waals surface area (Å²) in [6.07, 6.45) is 5.01. The second-order valence-electron chi connectivity index (χ2n) is 3.68. The largest absolute Gasteiger partial charge is 0.301 e. The molecule has 1 saturated heterocycles. The molecule has 2 amide bonds. The number of nitrogens with one attached hydrogen (secondary N) is 1. The van der Waals surface area contributed by atoms with Crippen LogP contribution in [0.2, 0.25) is 0 Å². The highest BCUT2D eigenvalue weighted by Gasteiger charge is 2.35. The Morgan fingerprint density at radius 2 is 2.12 bits per heavy atom. The van der Waals surface area contributed by atoms with Crippen molar-refractivity contribution in [3.8, 4) is 0 Å². The zero-order valence-corrected chi connectivity index (χ0v) is 8.88. The summed E-state index contributed by atoms with van der Waals surface area (Å²) in [5.41, 5.74) is 0.886. The Kier molecular flexibility index (Phi) is 2.91. The highest BCUT2D eigenvalue weighted by atomic mass is 16.2. The molecule has 0 radical (unpaired) electrons. The molecule has 2 heterocycles. The zero-order valence-electron chi connectivity index (χ0n) is 8.88. The van der Waals surface area contributed by atoms with E-state index in [1.165, 1.54) is 13.4 Å². The summed E-state index contributed by atoms with van der Waals surface area (Å²) in [6, 6.07) is -0.419. The van der Waals surface area contributed by atoms with Crippen LogP contribution < -0.4 is 5.32 Å². The van der Waals surface area contributed by atoms with E-state index < -0.39 is 6.04 Å². The van der Waals surface area contributed by atoms with Gasteiger partial charge in [-0.15, -0.1) is 0 Å². The Labute approximate surface area is 92.7 Å². The topological polar surface area (TPSA) is 75.2 Å². The maximum absolute atomic E-state index is 11.5. The molecule has 84 valence electrons. The van der Waals surface area contributed by atoms with Gasteiger partial charge in [0.1, 0.15) is 6.33 Å². The highest BCUT2D eigenvalue weighted by Crippen LogP contribution is 2.10. The van der Waals surface area contributed by atoms with Gasteiger partial charge in [0.05, 0.1) is 12.5 Å². The molecule has 6 heteroatoms. The second kappa shape index (κ2) is 4.36. The standard InChI is InChI=1S/C10H12N4O2/c1-14-9(15)2-8(10(14)16)13-5-7-3-11-6-12-4-7/h3-4,6,8,13H,2,5H2,1H3. The smallest absolute Gasteiger partial charge is 0.246 e. The number of carbonyl (C=O) groups excluding carboxylic acids is 2. The van der Waals surface area contributed by atoms with E-state index in [9.17, 15) is 9.59 Å². The van der Waals surface area contributed by atoms with Crippen molar-refractivity contribution >= 4 is 11.8 Å². The lowest BCUT2D eigenvalue weighted by atomic mass is 10.2. The predicted molar refractivity (Wildman–Crippen MR) is 55.1 cm³/mol. The fourth-order valence-corrected chi connectivity index (χ4v) is 1.58. The molecule has 16 heavy (non-hydrogen) atoms. The summed E-state index contributed by atoms with van der Waals surface area (Å²) in [5.74, 6) is -0.325. The van der Waals surface area contributed by atoms with E-state index in [1.54, 1.807) is 12.4 Å². The first-order valence-corrected chi connectivity index (χ1v) is 4.96. The Morgan fingerprint density at radius 1 is 1.44 bits per heavy atom. The number of nitrogens with zero attached hydrogens (tertiary/aromatic N) is 3. The lowest BCUT2D eigenvalue weighted by Gasteiger charge is -2.10. The molecule has 0 spiro atoms. The summed E-state index contributed by atoms with van der Waals surface area (Å²) in [4.78, 5) is 31.7. The third-order valence-electron chi connectivity index (χ3n) is 2.55. The minimum absolute atomic E-state index is 0.146. The van der Waals surface area contributed by atoms with Crippen LogP contribution in [0.4, 0.5) is 0 Å². The van der Waals surface area contributed by atoms with Gasteiger partial charge in [0, 0.05) is 31.5 Å². The van der Waals surface area contributed by atoms with Gasteiger partial charge in [-0.1, -0.05) is 0 Å². The van der Waals surface area contributed by atoms with Crippen molar-refractivity contribution in [2.45, 2.75) is 19.0 Å². The fraction of sp³-hybridized carbons (Fsp3) is 0.400. The van der Waals surface area contributed by atoms with Gasteiger partial charge in [-0.05, 0) is 0 Å². The van der Waals surface area contributed by atoms with E-state index in [4.69, 9.17) is 0 Å². The van der Waals surface area contributed by atoms with Crippen LogP contribution in [-0.4, -0.2) is 39.8 Å². The van der Waals surface area contributed by atoms with E-state index in [0.717, 1.165) is 10.5 Å². The average Bonchev–Trinajstić information content (AvgIpc) is 2.56. The lowest BCUT2D eigenvalue weighted by molar-refractivity contribution is -0.137.